The van der Waals surface area contributed by atoms with E-state index < -0.39 is 29.2 Å². The van der Waals surface area contributed by atoms with Gasteiger partial charge in [0.2, 0.25) is 0 Å². The van der Waals surface area contributed by atoms with Crippen molar-refractivity contribution in [2.75, 3.05) is 19.8 Å². The fourth-order valence-electron chi connectivity index (χ4n) is 1.02. The van der Waals surface area contributed by atoms with Gasteiger partial charge in [0.25, 0.3) is 0 Å². The summed E-state index contributed by atoms with van der Waals surface area (Å²) in [5.74, 6) is -2.99. The van der Waals surface area contributed by atoms with Crippen LogP contribution in [0.25, 0.3) is 0 Å². The number of hydrogen-bond donors (Lipinski definition) is 1. The lowest BCUT2D eigenvalue weighted by atomic mass is 10.2. The quantitative estimate of drug-likeness (QED) is 0.233. The maximum Gasteiger partial charge on any atom is 0.355 e. The standard InChI is InChI=1S/C11H17NO6/c1-4-16-9(13)7(10(14)17-5-2)8(12)11(15)18-6-3/h4-6,12H2,1-3H3. The van der Waals surface area contributed by atoms with Gasteiger partial charge in [-0.2, -0.15) is 0 Å². The van der Waals surface area contributed by atoms with E-state index in [0.717, 1.165) is 0 Å². The first-order chi connectivity index (χ1) is 8.49. The number of carbonyl (C=O) groups is 3. The molecule has 0 saturated carbocycles. The second kappa shape index (κ2) is 8.10. The van der Waals surface area contributed by atoms with Crippen LogP contribution >= 0.6 is 0 Å². The van der Waals surface area contributed by atoms with E-state index in [2.05, 4.69) is 14.2 Å². The minimum absolute atomic E-state index is 0.0395. The van der Waals surface area contributed by atoms with Gasteiger partial charge in [-0.3, -0.25) is 0 Å². The number of hydrogen-bond acceptors (Lipinski definition) is 7. The molecule has 18 heavy (non-hydrogen) atoms. The van der Waals surface area contributed by atoms with E-state index in [-0.39, 0.29) is 19.8 Å². The molecular weight excluding hydrogens is 242 g/mol. The zero-order valence-electron chi connectivity index (χ0n) is 10.6. The van der Waals surface area contributed by atoms with Gasteiger partial charge in [-0.25, -0.2) is 14.4 Å². The summed E-state index contributed by atoms with van der Waals surface area (Å²) < 4.78 is 13.9. The predicted molar refractivity (Wildman–Crippen MR) is 61.1 cm³/mol. The molecule has 0 bridgehead atoms. The van der Waals surface area contributed by atoms with Crippen LogP contribution in [0.1, 0.15) is 20.8 Å². The molecule has 102 valence electrons. The fourth-order valence-corrected chi connectivity index (χ4v) is 1.02. The predicted octanol–water partition coefficient (Wildman–Crippen LogP) is -0.111. The Hall–Kier alpha value is -2.05. The van der Waals surface area contributed by atoms with E-state index >= 15 is 0 Å². The largest absolute Gasteiger partial charge is 0.462 e. The Labute approximate surface area is 105 Å². The van der Waals surface area contributed by atoms with Crippen molar-refractivity contribution in [3.8, 4) is 0 Å². The first-order valence-electron chi connectivity index (χ1n) is 5.50. The van der Waals surface area contributed by atoms with Gasteiger partial charge >= 0.3 is 17.9 Å². The molecule has 0 aliphatic carbocycles. The molecule has 7 nitrogen and oxygen atoms in total. The van der Waals surface area contributed by atoms with Crippen molar-refractivity contribution in [3.63, 3.8) is 0 Å². The third-order valence-corrected chi connectivity index (χ3v) is 1.72. The van der Waals surface area contributed by atoms with Crippen molar-refractivity contribution in [1.82, 2.24) is 0 Å². The SMILES string of the molecule is CCOC(=O)C(N)=C(C(=O)OCC)C(=O)OCC. The highest BCUT2D eigenvalue weighted by atomic mass is 16.6. The van der Waals surface area contributed by atoms with Crippen molar-refractivity contribution in [1.29, 1.82) is 0 Å². The first kappa shape index (κ1) is 16.0. The molecule has 0 spiro atoms. The molecule has 0 saturated heterocycles. The topological polar surface area (TPSA) is 105 Å². The molecule has 0 aromatic rings. The molecule has 0 atom stereocenters. The highest BCUT2D eigenvalue weighted by Crippen LogP contribution is 2.07. The molecule has 0 aromatic heterocycles. The molecule has 0 rings (SSSR count). The fraction of sp³-hybridized carbons (Fsp3) is 0.545. The van der Waals surface area contributed by atoms with E-state index in [1.807, 2.05) is 0 Å². The zero-order valence-corrected chi connectivity index (χ0v) is 10.6. The van der Waals surface area contributed by atoms with Crippen LogP contribution in [0.5, 0.6) is 0 Å². The second-order valence-electron chi connectivity index (χ2n) is 2.95. The number of nitrogens with two attached hydrogens (primary N) is 1. The van der Waals surface area contributed by atoms with E-state index in [0.29, 0.717) is 0 Å². The summed E-state index contributed by atoms with van der Waals surface area (Å²) in [6, 6.07) is 0. The van der Waals surface area contributed by atoms with Gasteiger partial charge in [0, 0.05) is 0 Å². The maximum absolute atomic E-state index is 11.5. The first-order valence-corrected chi connectivity index (χ1v) is 5.50. The number of carbonyl (C=O) groups excluding carboxylic acids is 3. The van der Waals surface area contributed by atoms with Crippen LogP contribution < -0.4 is 5.73 Å². The minimum atomic E-state index is -1.01. The van der Waals surface area contributed by atoms with Crippen LogP contribution in [0.4, 0.5) is 0 Å². The molecule has 0 heterocycles. The monoisotopic (exact) mass is 259 g/mol. The summed E-state index contributed by atoms with van der Waals surface area (Å²) in [6.07, 6.45) is 0. The van der Waals surface area contributed by atoms with E-state index in [4.69, 9.17) is 5.73 Å². The number of esters is 3. The van der Waals surface area contributed by atoms with Gasteiger partial charge in [-0.1, -0.05) is 0 Å². The highest BCUT2D eigenvalue weighted by molar-refractivity contribution is 6.18. The molecular formula is C11H17NO6. The average Bonchev–Trinajstić information content (AvgIpc) is 2.30. The molecule has 7 heteroatoms. The van der Waals surface area contributed by atoms with Gasteiger partial charge in [0.15, 0.2) is 5.57 Å². The third-order valence-electron chi connectivity index (χ3n) is 1.72. The maximum atomic E-state index is 11.5. The number of ether oxygens (including phenoxy) is 3. The molecule has 0 radical (unpaired) electrons. The van der Waals surface area contributed by atoms with Crippen LogP contribution in [0.2, 0.25) is 0 Å². The lowest BCUT2D eigenvalue weighted by Crippen LogP contribution is -2.27. The summed E-state index contributed by atoms with van der Waals surface area (Å²) in [6.45, 7) is 4.83. The van der Waals surface area contributed by atoms with Crippen LogP contribution in [0.15, 0.2) is 11.3 Å². The van der Waals surface area contributed by atoms with Crippen molar-refractivity contribution in [2.45, 2.75) is 20.8 Å². The van der Waals surface area contributed by atoms with Crippen LogP contribution in [0.3, 0.4) is 0 Å². The van der Waals surface area contributed by atoms with E-state index in [1.165, 1.54) is 0 Å². The van der Waals surface area contributed by atoms with Crippen LogP contribution in [-0.4, -0.2) is 37.7 Å². The average molecular weight is 259 g/mol. The van der Waals surface area contributed by atoms with Crippen molar-refractivity contribution in [3.05, 3.63) is 11.3 Å². The normalized spacial score (nSPS) is 9.28. The molecule has 0 unspecified atom stereocenters. The minimum Gasteiger partial charge on any atom is -0.462 e. The lowest BCUT2D eigenvalue weighted by Gasteiger charge is -2.09. The summed E-state index contributed by atoms with van der Waals surface area (Å²) >= 11 is 0. The highest BCUT2D eigenvalue weighted by Gasteiger charge is 2.28. The Morgan fingerprint density at radius 2 is 1.11 bits per heavy atom. The van der Waals surface area contributed by atoms with Gasteiger partial charge in [-0.05, 0) is 20.8 Å². The lowest BCUT2D eigenvalue weighted by molar-refractivity contribution is -0.148. The summed E-state index contributed by atoms with van der Waals surface area (Å²) in [4.78, 5) is 34.5. The Balaban J connectivity index is 5.29. The molecule has 0 fully saturated rings. The van der Waals surface area contributed by atoms with Gasteiger partial charge in [-0.15, -0.1) is 0 Å². The third kappa shape index (κ3) is 4.44. The molecule has 0 amide bonds. The van der Waals surface area contributed by atoms with Gasteiger partial charge < -0.3 is 19.9 Å². The Morgan fingerprint density at radius 3 is 1.44 bits per heavy atom. The summed E-state index contributed by atoms with van der Waals surface area (Å²) in [5.41, 5.74) is 4.15. The summed E-state index contributed by atoms with van der Waals surface area (Å²) in [7, 11) is 0. The van der Waals surface area contributed by atoms with Gasteiger partial charge in [0.05, 0.1) is 19.8 Å². The zero-order chi connectivity index (χ0) is 14.1. The van der Waals surface area contributed by atoms with Gasteiger partial charge in [0.1, 0.15) is 5.70 Å². The van der Waals surface area contributed by atoms with Crippen molar-refractivity contribution in [2.24, 2.45) is 5.73 Å². The Bertz CT molecular complexity index is 341. The molecule has 0 aliphatic heterocycles. The van der Waals surface area contributed by atoms with Crippen molar-refractivity contribution >= 4 is 17.9 Å². The smallest absolute Gasteiger partial charge is 0.355 e. The summed E-state index contributed by atoms with van der Waals surface area (Å²) in [5, 5.41) is 0. The van der Waals surface area contributed by atoms with E-state index in [1.54, 1.807) is 20.8 Å². The van der Waals surface area contributed by atoms with Crippen LogP contribution in [-0.2, 0) is 28.6 Å². The molecule has 2 N–H and O–H groups in total. The second-order valence-corrected chi connectivity index (χ2v) is 2.95. The van der Waals surface area contributed by atoms with Crippen LogP contribution in [0, 0.1) is 0 Å². The molecule has 0 aromatic carbocycles. The Kier molecular flexibility index (Phi) is 7.18. The van der Waals surface area contributed by atoms with E-state index in [9.17, 15) is 14.4 Å². The Morgan fingerprint density at radius 1 is 0.778 bits per heavy atom. The number of rotatable bonds is 6. The van der Waals surface area contributed by atoms with Crippen molar-refractivity contribution < 1.29 is 28.6 Å². The molecule has 0 aliphatic rings.